The van der Waals surface area contributed by atoms with Gasteiger partial charge in [0.15, 0.2) is 0 Å². The molecule has 8 nitrogen and oxygen atoms in total. The van der Waals surface area contributed by atoms with E-state index >= 15 is 0 Å². The fourth-order valence-electron chi connectivity index (χ4n) is 4.91. The Morgan fingerprint density at radius 2 is 1.76 bits per heavy atom. The molecule has 1 unspecified atom stereocenters. The molecule has 4 rings (SSSR count). The van der Waals surface area contributed by atoms with Crippen LogP contribution in [0.1, 0.15) is 67.8 Å². The van der Waals surface area contributed by atoms with Gasteiger partial charge in [0.25, 0.3) is 15.9 Å². The fourth-order valence-corrected chi connectivity index (χ4v) is 6.78. The molecule has 3 amide bonds. The predicted molar refractivity (Wildman–Crippen MR) is 143 cm³/mol. The van der Waals surface area contributed by atoms with Crippen molar-refractivity contribution in [2.75, 3.05) is 6.54 Å². The van der Waals surface area contributed by atoms with Crippen LogP contribution in [-0.4, -0.2) is 54.0 Å². The van der Waals surface area contributed by atoms with Crippen molar-refractivity contribution < 1.29 is 22.8 Å². The third kappa shape index (κ3) is 6.23. The van der Waals surface area contributed by atoms with Crippen LogP contribution in [0.3, 0.4) is 0 Å². The number of sulfonamides is 1. The van der Waals surface area contributed by atoms with Gasteiger partial charge in [-0.1, -0.05) is 59.5 Å². The van der Waals surface area contributed by atoms with Crippen molar-refractivity contribution in [1.82, 2.24) is 14.5 Å². The van der Waals surface area contributed by atoms with Crippen LogP contribution >= 0.6 is 15.9 Å². The van der Waals surface area contributed by atoms with Gasteiger partial charge in [0.05, 0.1) is 5.56 Å². The fraction of sp³-hybridized carbons (Fsp3) is 0.444. The van der Waals surface area contributed by atoms with Crippen molar-refractivity contribution in [1.29, 1.82) is 0 Å². The summed E-state index contributed by atoms with van der Waals surface area (Å²) < 4.78 is 27.4. The molecule has 1 saturated carbocycles. The molecule has 0 radical (unpaired) electrons. The molecule has 1 aliphatic heterocycles. The highest BCUT2D eigenvalue weighted by Gasteiger charge is 2.40. The summed E-state index contributed by atoms with van der Waals surface area (Å²) in [6, 6.07) is 13.1. The van der Waals surface area contributed by atoms with Crippen LogP contribution in [0.15, 0.2) is 57.9 Å². The first-order valence-corrected chi connectivity index (χ1v) is 14.9. The van der Waals surface area contributed by atoms with Crippen molar-refractivity contribution in [2.24, 2.45) is 0 Å². The number of nitrogens with one attached hydrogen (secondary N) is 1. The maximum Gasteiger partial charge on any atom is 0.269 e. The second-order valence-electron chi connectivity index (χ2n) is 9.65. The summed E-state index contributed by atoms with van der Waals surface area (Å²) in [5.41, 5.74) is 1.03. The SMILES string of the molecule is CC(C(=O)NC1CCCCC1)N(Cc1ccc(Br)cc1)C(=O)CCCN1C(=O)c2ccccc2S1(=O)=O. The molecule has 1 aliphatic carbocycles. The highest BCUT2D eigenvalue weighted by molar-refractivity contribution is 9.10. The van der Waals surface area contributed by atoms with Gasteiger partial charge in [-0.3, -0.25) is 14.4 Å². The molecule has 1 fully saturated rings. The Bertz CT molecular complexity index is 1260. The molecular weight excluding hydrogens is 558 g/mol. The quantitative estimate of drug-likeness (QED) is 0.471. The molecule has 0 aromatic heterocycles. The molecule has 0 bridgehead atoms. The molecule has 37 heavy (non-hydrogen) atoms. The normalized spacial score (nSPS) is 17.8. The lowest BCUT2D eigenvalue weighted by Crippen LogP contribution is -2.50. The first-order chi connectivity index (χ1) is 17.7. The number of hydrogen-bond acceptors (Lipinski definition) is 5. The maximum absolute atomic E-state index is 13.4. The van der Waals surface area contributed by atoms with Crippen molar-refractivity contribution >= 4 is 43.7 Å². The molecule has 198 valence electrons. The van der Waals surface area contributed by atoms with Crippen LogP contribution in [0.2, 0.25) is 0 Å². The van der Waals surface area contributed by atoms with Crippen molar-refractivity contribution in [2.45, 2.75) is 75.4 Å². The van der Waals surface area contributed by atoms with Gasteiger partial charge in [-0.25, -0.2) is 12.7 Å². The molecular formula is C27H32BrN3O5S. The summed E-state index contributed by atoms with van der Waals surface area (Å²) in [5, 5.41) is 3.10. The highest BCUT2D eigenvalue weighted by atomic mass is 79.9. The van der Waals surface area contributed by atoms with E-state index in [0.29, 0.717) is 0 Å². The molecule has 2 aromatic rings. The number of rotatable bonds is 9. The summed E-state index contributed by atoms with van der Waals surface area (Å²) in [6.45, 7) is 1.87. The van der Waals surface area contributed by atoms with Gasteiger partial charge in [0, 0.05) is 30.0 Å². The molecule has 1 atom stereocenters. The second-order valence-corrected chi connectivity index (χ2v) is 12.4. The summed E-state index contributed by atoms with van der Waals surface area (Å²) >= 11 is 3.41. The van der Waals surface area contributed by atoms with E-state index in [1.54, 1.807) is 19.1 Å². The van der Waals surface area contributed by atoms with E-state index in [9.17, 15) is 22.8 Å². The van der Waals surface area contributed by atoms with E-state index < -0.39 is 22.0 Å². The second kappa shape index (κ2) is 11.8. The van der Waals surface area contributed by atoms with E-state index in [1.807, 2.05) is 24.3 Å². The average molecular weight is 591 g/mol. The van der Waals surface area contributed by atoms with E-state index in [2.05, 4.69) is 21.2 Å². The Balaban J connectivity index is 1.43. The number of hydrogen-bond donors (Lipinski definition) is 1. The Morgan fingerprint density at radius 1 is 1.08 bits per heavy atom. The topological polar surface area (TPSA) is 104 Å². The lowest BCUT2D eigenvalue weighted by atomic mass is 9.95. The standard InChI is InChI=1S/C27H32BrN3O5S/c1-19(26(33)29-22-8-3-2-4-9-22)30(18-20-13-15-21(28)16-14-20)25(32)12-7-17-31-27(34)23-10-5-6-11-24(23)37(31,35)36/h5-6,10-11,13-16,19,22H,2-4,7-9,12,17-18H2,1H3,(H,29,33). The summed E-state index contributed by atoms with van der Waals surface area (Å²) in [6.07, 6.45) is 5.40. The Labute approximate surface area is 226 Å². The number of nitrogens with zero attached hydrogens (tertiary/aromatic N) is 2. The van der Waals surface area contributed by atoms with Crippen LogP contribution in [0.25, 0.3) is 0 Å². The minimum Gasteiger partial charge on any atom is -0.352 e. The van der Waals surface area contributed by atoms with Crippen LogP contribution in [0.5, 0.6) is 0 Å². The third-order valence-electron chi connectivity index (χ3n) is 7.05. The van der Waals surface area contributed by atoms with E-state index in [-0.39, 0.29) is 54.2 Å². The lowest BCUT2D eigenvalue weighted by molar-refractivity contribution is -0.141. The lowest BCUT2D eigenvalue weighted by Gasteiger charge is -2.31. The predicted octanol–water partition coefficient (Wildman–Crippen LogP) is 4.24. The van der Waals surface area contributed by atoms with Crippen LogP contribution < -0.4 is 5.32 Å². The molecule has 0 saturated heterocycles. The zero-order valence-corrected chi connectivity index (χ0v) is 23.3. The molecule has 10 heteroatoms. The van der Waals surface area contributed by atoms with Crippen LogP contribution in [-0.2, 0) is 26.2 Å². The number of fused-ring (bicyclic) bond motifs is 1. The Hall–Kier alpha value is -2.72. The Kier molecular flexibility index (Phi) is 8.69. The first kappa shape index (κ1) is 27.3. The number of carbonyl (C=O) groups excluding carboxylic acids is 3. The molecule has 2 aliphatic rings. The van der Waals surface area contributed by atoms with E-state index in [4.69, 9.17) is 0 Å². The monoisotopic (exact) mass is 589 g/mol. The summed E-state index contributed by atoms with van der Waals surface area (Å²) in [4.78, 5) is 40.7. The Morgan fingerprint density at radius 3 is 2.43 bits per heavy atom. The van der Waals surface area contributed by atoms with Gasteiger partial charge in [0.1, 0.15) is 10.9 Å². The van der Waals surface area contributed by atoms with Gasteiger partial charge >= 0.3 is 0 Å². The number of carbonyl (C=O) groups is 3. The van der Waals surface area contributed by atoms with Gasteiger partial charge in [-0.05, 0) is 56.0 Å². The van der Waals surface area contributed by atoms with E-state index in [1.165, 1.54) is 23.5 Å². The first-order valence-electron chi connectivity index (χ1n) is 12.7. The zero-order valence-electron chi connectivity index (χ0n) is 20.9. The minimum absolute atomic E-state index is 0.00352. The van der Waals surface area contributed by atoms with Crippen molar-refractivity contribution in [3.63, 3.8) is 0 Å². The van der Waals surface area contributed by atoms with Gasteiger partial charge in [-0.2, -0.15) is 0 Å². The minimum atomic E-state index is -3.92. The number of amides is 3. The smallest absolute Gasteiger partial charge is 0.269 e. The van der Waals surface area contributed by atoms with Gasteiger partial charge in [-0.15, -0.1) is 0 Å². The van der Waals surface area contributed by atoms with E-state index in [0.717, 1.165) is 40.0 Å². The third-order valence-corrected chi connectivity index (χ3v) is 9.42. The molecule has 1 N–H and O–H groups in total. The van der Waals surface area contributed by atoms with Crippen LogP contribution in [0.4, 0.5) is 0 Å². The zero-order chi connectivity index (χ0) is 26.6. The molecule has 1 heterocycles. The number of benzene rings is 2. The highest BCUT2D eigenvalue weighted by Crippen LogP contribution is 2.30. The summed E-state index contributed by atoms with van der Waals surface area (Å²) in [7, 11) is -3.92. The summed E-state index contributed by atoms with van der Waals surface area (Å²) in [5.74, 6) is -1.03. The average Bonchev–Trinajstić information content (AvgIpc) is 3.09. The molecule has 2 aromatic carbocycles. The van der Waals surface area contributed by atoms with Crippen molar-refractivity contribution in [3.8, 4) is 0 Å². The van der Waals surface area contributed by atoms with Gasteiger partial charge in [0.2, 0.25) is 11.8 Å². The van der Waals surface area contributed by atoms with Crippen LogP contribution in [0, 0.1) is 0 Å². The van der Waals surface area contributed by atoms with Crippen molar-refractivity contribution in [3.05, 3.63) is 64.1 Å². The molecule has 0 spiro atoms. The maximum atomic E-state index is 13.4. The largest absolute Gasteiger partial charge is 0.352 e. The van der Waals surface area contributed by atoms with Gasteiger partial charge < -0.3 is 10.2 Å². The number of halogens is 1.